The normalized spacial score (nSPS) is 12.2. The summed E-state index contributed by atoms with van der Waals surface area (Å²) in [6.45, 7) is -0.680. The number of thiophene rings is 1. The molecule has 1 heterocycles. The molecule has 2 rings (SSSR count). The van der Waals surface area contributed by atoms with Crippen LogP contribution in [0.4, 0.5) is 13.2 Å². The van der Waals surface area contributed by atoms with E-state index >= 15 is 0 Å². The molecule has 0 aliphatic carbocycles. The Bertz CT molecular complexity index is 442. The van der Waals surface area contributed by atoms with E-state index in [0.29, 0.717) is 0 Å². The van der Waals surface area contributed by atoms with Crippen molar-refractivity contribution >= 4 is 21.4 Å². The molecule has 0 amide bonds. The maximum absolute atomic E-state index is 11.9. The van der Waals surface area contributed by atoms with Gasteiger partial charge in [0.1, 0.15) is 0 Å². The number of hydrogen-bond donors (Lipinski definition) is 1. The van der Waals surface area contributed by atoms with E-state index in [1.54, 1.807) is 0 Å². The number of hydrogen-bond acceptors (Lipinski definition) is 2. The summed E-state index contributed by atoms with van der Waals surface area (Å²) < 4.78 is 36.8. The number of benzene rings is 1. The Morgan fingerprint density at radius 3 is 2.62 bits per heavy atom. The van der Waals surface area contributed by atoms with E-state index in [2.05, 4.69) is 5.32 Å². The van der Waals surface area contributed by atoms with Crippen LogP contribution < -0.4 is 5.32 Å². The largest absolute Gasteiger partial charge is 0.401 e. The highest BCUT2D eigenvalue weighted by atomic mass is 32.1. The summed E-state index contributed by atoms with van der Waals surface area (Å²) in [5.74, 6) is 0. The van der Waals surface area contributed by atoms with Gasteiger partial charge in [0, 0.05) is 16.1 Å². The third-order valence-electron chi connectivity index (χ3n) is 2.10. The van der Waals surface area contributed by atoms with E-state index in [1.165, 1.54) is 11.3 Å². The molecule has 1 aromatic carbocycles. The van der Waals surface area contributed by atoms with E-state index in [9.17, 15) is 13.2 Å². The Morgan fingerprint density at radius 1 is 1.19 bits per heavy atom. The third-order valence-corrected chi connectivity index (χ3v) is 3.22. The number of fused-ring (bicyclic) bond motifs is 1. The van der Waals surface area contributed by atoms with E-state index in [-0.39, 0.29) is 6.54 Å². The van der Waals surface area contributed by atoms with Crippen LogP contribution in [0, 0.1) is 0 Å². The second-order valence-electron chi connectivity index (χ2n) is 3.47. The first kappa shape index (κ1) is 11.4. The topological polar surface area (TPSA) is 12.0 Å². The molecular weight excluding hydrogens is 235 g/mol. The highest BCUT2D eigenvalue weighted by Gasteiger charge is 2.26. The molecule has 0 spiro atoms. The van der Waals surface area contributed by atoms with Gasteiger partial charge in [-0.2, -0.15) is 13.2 Å². The second-order valence-corrected chi connectivity index (χ2v) is 4.64. The first-order valence-corrected chi connectivity index (χ1v) is 5.61. The summed E-state index contributed by atoms with van der Waals surface area (Å²) in [6.07, 6.45) is -4.14. The minimum absolute atomic E-state index is 0.263. The van der Waals surface area contributed by atoms with Gasteiger partial charge in [-0.25, -0.2) is 0 Å². The zero-order valence-corrected chi connectivity index (χ0v) is 9.16. The van der Waals surface area contributed by atoms with Crippen molar-refractivity contribution < 1.29 is 13.2 Å². The van der Waals surface area contributed by atoms with Crippen LogP contribution in [0.15, 0.2) is 30.3 Å². The van der Waals surface area contributed by atoms with Crippen LogP contribution in [0.1, 0.15) is 4.88 Å². The lowest BCUT2D eigenvalue weighted by Gasteiger charge is -2.06. The molecule has 0 saturated heterocycles. The first-order valence-electron chi connectivity index (χ1n) is 4.79. The average molecular weight is 245 g/mol. The van der Waals surface area contributed by atoms with Crippen molar-refractivity contribution in [3.8, 4) is 0 Å². The summed E-state index contributed by atoms with van der Waals surface area (Å²) in [7, 11) is 0. The molecule has 1 nitrogen and oxygen atoms in total. The van der Waals surface area contributed by atoms with Crippen LogP contribution in [-0.4, -0.2) is 12.7 Å². The quantitative estimate of drug-likeness (QED) is 0.872. The second kappa shape index (κ2) is 4.43. The zero-order chi connectivity index (χ0) is 11.6. The SMILES string of the molecule is FC(F)(F)CNCc1cc2ccccc2s1. The fourth-order valence-corrected chi connectivity index (χ4v) is 2.49. The molecule has 0 radical (unpaired) electrons. The van der Waals surface area contributed by atoms with Crippen LogP contribution in [0.3, 0.4) is 0 Å². The number of halogens is 3. The number of rotatable bonds is 3. The zero-order valence-electron chi connectivity index (χ0n) is 8.34. The molecular formula is C11H10F3NS. The lowest BCUT2D eigenvalue weighted by Crippen LogP contribution is -2.27. The Labute approximate surface area is 94.9 Å². The summed E-state index contributed by atoms with van der Waals surface area (Å²) in [5, 5.41) is 3.47. The van der Waals surface area contributed by atoms with E-state index < -0.39 is 12.7 Å². The monoisotopic (exact) mass is 245 g/mol. The maximum atomic E-state index is 11.9. The van der Waals surface area contributed by atoms with E-state index in [1.807, 2.05) is 30.3 Å². The predicted molar refractivity (Wildman–Crippen MR) is 59.6 cm³/mol. The van der Waals surface area contributed by atoms with Gasteiger partial charge in [-0.05, 0) is 17.5 Å². The molecule has 16 heavy (non-hydrogen) atoms. The van der Waals surface area contributed by atoms with Gasteiger partial charge in [0.25, 0.3) is 0 Å². The molecule has 86 valence electrons. The Kier molecular flexibility index (Phi) is 3.16. The van der Waals surface area contributed by atoms with Gasteiger partial charge in [-0.3, -0.25) is 0 Å². The lowest BCUT2D eigenvalue weighted by atomic mass is 10.2. The van der Waals surface area contributed by atoms with Gasteiger partial charge in [0.2, 0.25) is 0 Å². The van der Waals surface area contributed by atoms with E-state index in [0.717, 1.165) is 15.0 Å². The first-order chi connectivity index (χ1) is 7.54. The smallest absolute Gasteiger partial charge is 0.304 e. The molecule has 1 N–H and O–H groups in total. The van der Waals surface area contributed by atoms with Gasteiger partial charge < -0.3 is 5.32 Å². The van der Waals surface area contributed by atoms with Crippen molar-refractivity contribution in [1.29, 1.82) is 0 Å². The summed E-state index contributed by atoms with van der Waals surface area (Å²) in [4.78, 5) is 0.922. The average Bonchev–Trinajstić information content (AvgIpc) is 2.57. The third kappa shape index (κ3) is 2.96. The summed E-state index contributed by atoms with van der Waals surface area (Å²) in [6, 6.07) is 9.68. The van der Waals surface area contributed by atoms with Crippen molar-refractivity contribution in [2.24, 2.45) is 0 Å². The maximum Gasteiger partial charge on any atom is 0.401 e. The van der Waals surface area contributed by atoms with Crippen LogP contribution in [0.2, 0.25) is 0 Å². The summed E-state index contributed by atoms with van der Waals surface area (Å²) in [5.41, 5.74) is 0. The predicted octanol–water partition coefficient (Wildman–Crippen LogP) is 3.55. The van der Waals surface area contributed by atoms with Crippen LogP contribution in [-0.2, 0) is 6.54 Å². The molecule has 2 aromatic rings. The fraction of sp³-hybridized carbons (Fsp3) is 0.273. The van der Waals surface area contributed by atoms with Crippen molar-refractivity contribution in [1.82, 2.24) is 5.32 Å². The van der Waals surface area contributed by atoms with Gasteiger partial charge >= 0.3 is 6.18 Å². The van der Waals surface area contributed by atoms with Crippen molar-refractivity contribution in [2.75, 3.05) is 6.54 Å². The number of nitrogens with one attached hydrogen (secondary N) is 1. The van der Waals surface area contributed by atoms with Gasteiger partial charge in [-0.15, -0.1) is 11.3 Å². The summed E-state index contributed by atoms with van der Waals surface area (Å²) >= 11 is 1.52. The Morgan fingerprint density at radius 2 is 1.94 bits per heavy atom. The lowest BCUT2D eigenvalue weighted by molar-refractivity contribution is -0.125. The molecule has 0 aliphatic rings. The van der Waals surface area contributed by atoms with E-state index in [4.69, 9.17) is 0 Å². The molecule has 1 aromatic heterocycles. The van der Waals surface area contributed by atoms with Crippen LogP contribution >= 0.6 is 11.3 Å². The molecule has 0 aliphatic heterocycles. The number of alkyl halides is 3. The van der Waals surface area contributed by atoms with Crippen molar-refractivity contribution in [3.63, 3.8) is 0 Å². The Hall–Kier alpha value is -1.07. The van der Waals surface area contributed by atoms with Crippen molar-refractivity contribution in [3.05, 3.63) is 35.2 Å². The minimum atomic E-state index is -4.14. The molecule has 0 atom stereocenters. The van der Waals surface area contributed by atoms with Gasteiger partial charge in [0.15, 0.2) is 0 Å². The molecule has 0 saturated carbocycles. The van der Waals surface area contributed by atoms with Gasteiger partial charge in [0.05, 0.1) is 6.54 Å². The van der Waals surface area contributed by atoms with Crippen molar-refractivity contribution in [2.45, 2.75) is 12.7 Å². The molecule has 5 heteroatoms. The van der Waals surface area contributed by atoms with Crippen LogP contribution in [0.5, 0.6) is 0 Å². The fourth-order valence-electron chi connectivity index (χ4n) is 1.45. The molecule has 0 unspecified atom stereocenters. The molecule has 0 fully saturated rings. The minimum Gasteiger partial charge on any atom is -0.304 e. The van der Waals surface area contributed by atoms with Crippen LogP contribution in [0.25, 0.3) is 10.1 Å². The highest BCUT2D eigenvalue weighted by molar-refractivity contribution is 7.19. The highest BCUT2D eigenvalue weighted by Crippen LogP contribution is 2.25. The van der Waals surface area contributed by atoms with Gasteiger partial charge in [-0.1, -0.05) is 18.2 Å². The molecule has 0 bridgehead atoms. The standard InChI is InChI=1S/C11H10F3NS/c12-11(13,14)7-15-6-9-5-8-3-1-2-4-10(8)16-9/h1-5,15H,6-7H2. The Balaban J connectivity index is 2.00.